The van der Waals surface area contributed by atoms with E-state index >= 15 is 0 Å². The van der Waals surface area contributed by atoms with Crippen LogP contribution in [0.4, 0.5) is 0 Å². The Morgan fingerprint density at radius 2 is 1.53 bits per heavy atom. The van der Waals surface area contributed by atoms with Gasteiger partial charge in [-0.1, -0.05) is 65.3 Å². The van der Waals surface area contributed by atoms with Crippen LogP contribution in [-0.4, -0.2) is 0 Å². The zero-order valence-corrected chi connectivity index (χ0v) is 13.5. The summed E-state index contributed by atoms with van der Waals surface area (Å²) in [5, 5.41) is 0. The van der Waals surface area contributed by atoms with Gasteiger partial charge in [0.05, 0.1) is 0 Å². The molecule has 0 saturated heterocycles. The minimum Gasteiger partial charge on any atom is -0.0835 e. The van der Waals surface area contributed by atoms with Gasteiger partial charge in [-0.05, 0) is 54.5 Å². The van der Waals surface area contributed by atoms with Crippen molar-refractivity contribution in [2.75, 3.05) is 0 Å². The van der Waals surface area contributed by atoms with Crippen molar-refractivity contribution in [1.29, 1.82) is 0 Å². The molecule has 2 aromatic rings. The quantitative estimate of drug-likeness (QED) is 0.649. The third-order valence-electron chi connectivity index (χ3n) is 3.74. The lowest BCUT2D eigenvalue weighted by Crippen LogP contribution is -1.97. The van der Waals surface area contributed by atoms with Crippen molar-refractivity contribution in [3.63, 3.8) is 0 Å². The fourth-order valence-electron chi connectivity index (χ4n) is 2.22. The first-order valence-corrected chi connectivity index (χ1v) is 7.80. The molecule has 2 aromatic carbocycles. The molecule has 0 aromatic heterocycles. The SMILES string of the molecule is CCc1ccc(C(Br)Cc2ccc(C)c(C)c2)cc1. The van der Waals surface area contributed by atoms with Gasteiger partial charge in [0.25, 0.3) is 0 Å². The van der Waals surface area contributed by atoms with Crippen molar-refractivity contribution in [3.8, 4) is 0 Å². The summed E-state index contributed by atoms with van der Waals surface area (Å²) in [5.41, 5.74) is 6.88. The average Bonchev–Trinajstić information content (AvgIpc) is 2.43. The lowest BCUT2D eigenvalue weighted by atomic mass is 9.99. The van der Waals surface area contributed by atoms with Gasteiger partial charge >= 0.3 is 0 Å². The van der Waals surface area contributed by atoms with Gasteiger partial charge in [-0.3, -0.25) is 0 Å². The largest absolute Gasteiger partial charge is 0.0835 e. The first-order valence-electron chi connectivity index (χ1n) is 6.89. The van der Waals surface area contributed by atoms with E-state index in [9.17, 15) is 0 Å². The standard InChI is InChI=1S/C18H21Br/c1-4-15-7-9-17(10-8-15)18(19)12-16-6-5-13(2)14(3)11-16/h5-11,18H,4,12H2,1-3H3. The number of benzene rings is 2. The van der Waals surface area contributed by atoms with Crippen molar-refractivity contribution in [2.45, 2.75) is 38.4 Å². The first-order chi connectivity index (χ1) is 9.10. The van der Waals surface area contributed by atoms with Crippen LogP contribution < -0.4 is 0 Å². The maximum absolute atomic E-state index is 3.81. The maximum Gasteiger partial charge on any atom is 0.0435 e. The lowest BCUT2D eigenvalue weighted by molar-refractivity contribution is 0.943. The predicted molar refractivity (Wildman–Crippen MR) is 87.1 cm³/mol. The molecule has 100 valence electrons. The molecule has 1 atom stereocenters. The monoisotopic (exact) mass is 316 g/mol. The van der Waals surface area contributed by atoms with E-state index in [1.54, 1.807) is 0 Å². The van der Waals surface area contributed by atoms with E-state index in [2.05, 4.69) is 79.2 Å². The van der Waals surface area contributed by atoms with Crippen LogP contribution in [0.25, 0.3) is 0 Å². The molecule has 0 amide bonds. The van der Waals surface area contributed by atoms with Crippen molar-refractivity contribution in [1.82, 2.24) is 0 Å². The Morgan fingerprint density at radius 3 is 2.11 bits per heavy atom. The minimum atomic E-state index is 0.389. The van der Waals surface area contributed by atoms with Gasteiger partial charge in [-0.25, -0.2) is 0 Å². The van der Waals surface area contributed by atoms with Crippen molar-refractivity contribution >= 4 is 15.9 Å². The fourth-order valence-corrected chi connectivity index (χ4v) is 2.90. The topological polar surface area (TPSA) is 0 Å². The van der Waals surface area contributed by atoms with Gasteiger partial charge in [-0.15, -0.1) is 0 Å². The van der Waals surface area contributed by atoms with E-state index in [-0.39, 0.29) is 0 Å². The highest BCUT2D eigenvalue weighted by Gasteiger charge is 2.09. The number of hydrogen-bond donors (Lipinski definition) is 0. The Kier molecular flexibility index (Phi) is 4.81. The molecule has 0 aliphatic carbocycles. The highest BCUT2D eigenvalue weighted by molar-refractivity contribution is 9.09. The van der Waals surface area contributed by atoms with E-state index in [1.165, 1.54) is 27.8 Å². The lowest BCUT2D eigenvalue weighted by Gasteiger charge is -2.12. The highest BCUT2D eigenvalue weighted by atomic mass is 79.9. The highest BCUT2D eigenvalue weighted by Crippen LogP contribution is 2.28. The molecular weight excluding hydrogens is 296 g/mol. The van der Waals surface area contributed by atoms with Gasteiger partial charge in [-0.2, -0.15) is 0 Å². The molecule has 0 fully saturated rings. The van der Waals surface area contributed by atoms with E-state index in [4.69, 9.17) is 0 Å². The molecule has 0 spiro atoms. The molecule has 1 heteroatoms. The number of rotatable bonds is 4. The summed E-state index contributed by atoms with van der Waals surface area (Å²) < 4.78 is 0. The average molecular weight is 317 g/mol. The minimum absolute atomic E-state index is 0.389. The molecule has 0 radical (unpaired) electrons. The second-order valence-electron chi connectivity index (χ2n) is 5.19. The number of hydrogen-bond acceptors (Lipinski definition) is 0. The van der Waals surface area contributed by atoms with Gasteiger partial charge in [0.2, 0.25) is 0 Å². The van der Waals surface area contributed by atoms with Crippen LogP contribution >= 0.6 is 15.9 Å². The molecule has 0 bridgehead atoms. The van der Waals surface area contributed by atoms with Crippen LogP contribution in [-0.2, 0) is 12.8 Å². The number of halogens is 1. The molecular formula is C18H21Br. The summed E-state index contributed by atoms with van der Waals surface area (Å²) in [6.07, 6.45) is 2.14. The molecule has 0 nitrogen and oxygen atoms in total. The normalized spacial score (nSPS) is 12.4. The second kappa shape index (κ2) is 6.38. The first kappa shape index (κ1) is 14.3. The molecule has 1 unspecified atom stereocenters. The Bertz CT molecular complexity index is 540. The Labute approximate surface area is 125 Å². The number of aryl methyl sites for hydroxylation is 3. The summed E-state index contributed by atoms with van der Waals surface area (Å²) >= 11 is 3.81. The van der Waals surface area contributed by atoms with Gasteiger partial charge in [0.1, 0.15) is 0 Å². The van der Waals surface area contributed by atoms with Crippen molar-refractivity contribution in [2.24, 2.45) is 0 Å². The fraction of sp³-hybridized carbons (Fsp3) is 0.333. The Morgan fingerprint density at radius 1 is 0.895 bits per heavy atom. The zero-order chi connectivity index (χ0) is 13.8. The van der Waals surface area contributed by atoms with Crippen LogP contribution in [0.1, 0.15) is 39.6 Å². The van der Waals surface area contributed by atoms with Crippen molar-refractivity contribution < 1.29 is 0 Å². The third kappa shape index (κ3) is 3.70. The van der Waals surface area contributed by atoms with E-state index < -0.39 is 0 Å². The molecule has 0 aliphatic rings. The summed E-state index contributed by atoms with van der Waals surface area (Å²) in [6.45, 7) is 6.53. The van der Waals surface area contributed by atoms with E-state index in [0.29, 0.717) is 4.83 Å². The Balaban J connectivity index is 2.10. The van der Waals surface area contributed by atoms with Gasteiger partial charge in [0.15, 0.2) is 0 Å². The molecule has 2 rings (SSSR count). The summed E-state index contributed by atoms with van der Waals surface area (Å²) in [4.78, 5) is 0.389. The molecule has 0 aliphatic heterocycles. The maximum atomic E-state index is 3.81. The van der Waals surface area contributed by atoms with Crippen LogP contribution in [0.3, 0.4) is 0 Å². The predicted octanol–water partition coefficient (Wildman–Crippen LogP) is 5.54. The third-order valence-corrected chi connectivity index (χ3v) is 4.59. The van der Waals surface area contributed by atoms with Crippen LogP contribution in [0.2, 0.25) is 0 Å². The molecule has 0 heterocycles. The van der Waals surface area contributed by atoms with Crippen molar-refractivity contribution in [3.05, 3.63) is 70.3 Å². The van der Waals surface area contributed by atoms with Gasteiger partial charge < -0.3 is 0 Å². The molecule has 0 N–H and O–H groups in total. The molecule has 0 saturated carbocycles. The Hall–Kier alpha value is -1.08. The number of alkyl halides is 1. The van der Waals surface area contributed by atoms with Crippen LogP contribution in [0.15, 0.2) is 42.5 Å². The summed E-state index contributed by atoms with van der Waals surface area (Å²) in [7, 11) is 0. The summed E-state index contributed by atoms with van der Waals surface area (Å²) in [6, 6.07) is 15.7. The summed E-state index contributed by atoms with van der Waals surface area (Å²) in [5.74, 6) is 0. The second-order valence-corrected chi connectivity index (χ2v) is 6.29. The van der Waals surface area contributed by atoms with Crippen LogP contribution in [0, 0.1) is 13.8 Å². The van der Waals surface area contributed by atoms with E-state index in [0.717, 1.165) is 12.8 Å². The molecule has 19 heavy (non-hydrogen) atoms. The van der Waals surface area contributed by atoms with Gasteiger partial charge in [0, 0.05) is 4.83 Å². The van der Waals surface area contributed by atoms with E-state index in [1.807, 2.05) is 0 Å². The smallest absolute Gasteiger partial charge is 0.0435 e. The zero-order valence-electron chi connectivity index (χ0n) is 11.9. The van der Waals surface area contributed by atoms with Crippen LogP contribution in [0.5, 0.6) is 0 Å².